The lowest BCUT2D eigenvalue weighted by molar-refractivity contribution is 0.0937. The molecule has 0 aliphatic heterocycles. The number of rotatable bonds is 10. The molecule has 0 saturated carbocycles. The van der Waals surface area contributed by atoms with Crippen LogP contribution in [0.2, 0.25) is 0 Å². The van der Waals surface area contributed by atoms with Crippen LogP contribution in [0.3, 0.4) is 0 Å². The molecule has 1 N–H and O–H groups in total. The van der Waals surface area contributed by atoms with Gasteiger partial charge in [0.15, 0.2) is 5.16 Å². The first-order chi connectivity index (χ1) is 16.2. The van der Waals surface area contributed by atoms with Crippen molar-refractivity contribution >= 4 is 28.7 Å². The molecular formula is C25H26N4O3S. The number of thioether (sulfide) groups is 1. The minimum absolute atomic E-state index is 0.0972. The normalized spacial score (nSPS) is 11.0. The van der Waals surface area contributed by atoms with E-state index in [-0.39, 0.29) is 5.91 Å². The molecule has 2 heterocycles. The number of pyridine rings is 1. The second-order valence-corrected chi connectivity index (χ2v) is 8.37. The van der Waals surface area contributed by atoms with Crippen molar-refractivity contribution in [2.75, 3.05) is 27.4 Å². The second-order valence-electron chi connectivity index (χ2n) is 7.43. The Morgan fingerprint density at radius 1 is 1.03 bits per heavy atom. The first kappa shape index (κ1) is 22.8. The Balaban J connectivity index is 1.48. The minimum Gasteiger partial charge on any atom is -0.497 e. The van der Waals surface area contributed by atoms with Crippen molar-refractivity contribution in [1.29, 1.82) is 0 Å². The number of benzene rings is 2. The predicted molar refractivity (Wildman–Crippen MR) is 130 cm³/mol. The lowest BCUT2D eigenvalue weighted by Gasteiger charge is -2.10. The molecule has 0 radical (unpaired) electrons. The maximum absolute atomic E-state index is 12.2. The van der Waals surface area contributed by atoms with E-state index in [4.69, 9.17) is 14.5 Å². The van der Waals surface area contributed by atoms with Gasteiger partial charge < -0.3 is 19.4 Å². The van der Waals surface area contributed by atoms with Gasteiger partial charge in [-0.1, -0.05) is 36.0 Å². The van der Waals surface area contributed by atoms with Crippen molar-refractivity contribution < 1.29 is 14.3 Å². The standard InChI is InChI=1S/C25H26N4O3S/c1-31-14-13-27-24(30)20-7-3-19(4-8-20)17-33-25-28-22-11-12-26-15-23(22)29(25)16-18-5-9-21(32-2)10-6-18/h3-12,15H,13-14,16-17H2,1-2H3,(H,27,30). The third-order valence-corrected chi connectivity index (χ3v) is 6.24. The molecule has 0 unspecified atom stereocenters. The average Bonchev–Trinajstić information content (AvgIpc) is 3.21. The van der Waals surface area contributed by atoms with E-state index < -0.39 is 0 Å². The maximum atomic E-state index is 12.2. The van der Waals surface area contributed by atoms with E-state index in [1.54, 1.807) is 32.2 Å². The summed E-state index contributed by atoms with van der Waals surface area (Å²) in [6, 6.07) is 17.6. The molecule has 2 aromatic heterocycles. The molecule has 0 saturated heterocycles. The van der Waals surface area contributed by atoms with Crippen LogP contribution < -0.4 is 10.1 Å². The zero-order valence-corrected chi connectivity index (χ0v) is 19.5. The molecule has 0 atom stereocenters. The summed E-state index contributed by atoms with van der Waals surface area (Å²) in [6.07, 6.45) is 3.62. The zero-order valence-electron chi connectivity index (χ0n) is 18.7. The molecule has 4 aromatic rings. The van der Waals surface area contributed by atoms with E-state index in [9.17, 15) is 4.79 Å². The molecule has 0 aliphatic rings. The summed E-state index contributed by atoms with van der Waals surface area (Å²) >= 11 is 1.67. The van der Waals surface area contributed by atoms with E-state index in [1.165, 1.54) is 0 Å². The first-order valence-corrected chi connectivity index (χ1v) is 11.6. The average molecular weight is 463 g/mol. The third kappa shape index (κ3) is 5.71. The lowest BCUT2D eigenvalue weighted by atomic mass is 10.1. The monoisotopic (exact) mass is 462 g/mol. The molecule has 0 fully saturated rings. The van der Waals surface area contributed by atoms with Crippen LogP contribution in [-0.4, -0.2) is 47.8 Å². The number of hydrogen-bond acceptors (Lipinski definition) is 6. The highest BCUT2D eigenvalue weighted by molar-refractivity contribution is 7.98. The maximum Gasteiger partial charge on any atom is 0.251 e. The molecule has 7 nitrogen and oxygen atoms in total. The number of methoxy groups -OCH3 is 2. The Morgan fingerprint density at radius 3 is 2.52 bits per heavy atom. The molecular weight excluding hydrogens is 436 g/mol. The fourth-order valence-corrected chi connectivity index (χ4v) is 4.36. The van der Waals surface area contributed by atoms with E-state index in [0.717, 1.165) is 38.8 Å². The molecule has 1 amide bonds. The van der Waals surface area contributed by atoms with E-state index in [1.807, 2.05) is 48.7 Å². The number of aromatic nitrogens is 3. The van der Waals surface area contributed by atoms with Gasteiger partial charge >= 0.3 is 0 Å². The number of imidazole rings is 1. The number of hydrogen-bond donors (Lipinski definition) is 1. The molecule has 0 bridgehead atoms. The summed E-state index contributed by atoms with van der Waals surface area (Å²) in [4.78, 5) is 21.3. The number of nitrogens with zero attached hydrogens (tertiary/aromatic N) is 3. The Labute approximate surface area is 197 Å². The first-order valence-electron chi connectivity index (χ1n) is 10.6. The van der Waals surface area contributed by atoms with Crippen LogP contribution in [0.15, 0.2) is 72.1 Å². The summed E-state index contributed by atoms with van der Waals surface area (Å²) in [5.41, 5.74) is 4.83. The van der Waals surface area contributed by atoms with Crippen LogP contribution in [0.5, 0.6) is 5.75 Å². The van der Waals surface area contributed by atoms with Crippen molar-refractivity contribution in [1.82, 2.24) is 19.9 Å². The van der Waals surface area contributed by atoms with Gasteiger partial charge in [0.1, 0.15) is 5.75 Å². The van der Waals surface area contributed by atoms with Gasteiger partial charge in [-0.15, -0.1) is 0 Å². The number of carbonyl (C=O) groups is 1. The Morgan fingerprint density at radius 2 is 1.79 bits per heavy atom. The number of ether oxygens (including phenoxy) is 2. The summed E-state index contributed by atoms with van der Waals surface area (Å²) in [7, 11) is 3.28. The summed E-state index contributed by atoms with van der Waals surface area (Å²) in [5.74, 6) is 1.48. The second kappa shape index (κ2) is 11.0. The zero-order chi connectivity index (χ0) is 23.0. The summed E-state index contributed by atoms with van der Waals surface area (Å²) in [5, 5.41) is 3.76. The van der Waals surface area contributed by atoms with Crippen molar-refractivity contribution in [3.05, 3.63) is 83.7 Å². The van der Waals surface area contributed by atoms with Crippen LogP contribution >= 0.6 is 11.8 Å². The minimum atomic E-state index is -0.0972. The van der Waals surface area contributed by atoms with Crippen LogP contribution in [-0.2, 0) is 17.0 Å². The highest BCUT2D eigenvalue weighted by atomic mass is 32.2. The third-order valence-electron chi connectivity index (χ3n) is 5.19. The smallest absolute Gasteiger partial charge is 0.251 e. The number of nitrogens with one attached hydrogen (secondary N) is 1. The van der Waals surface area contributed by atoms with Crippen LogP contribution in [0.1, 0.15) is 21.5 Å². The molecule has 170 valence electrons. The van der Waals surface area contributed by atoms with E-state index in [0.29, 0.717) is 25.3 Å². The van der Waals surface area contributed by atoms with Gasteiger partial charge in [-0.25, -0.2) is 4.98 Å². The Hall–Kier alpha value is -3.36. The van der Waals surface area contributed by atoms with Crippen LogP contribution in [0.25, 0.3) is 11.0 Å². The Kier molecular flexibility index (Phi) is 7.59. The topological polar surface area (TPSA) is 78.3 Å². The fourth-order valence-electron chi connectivity index (χ4n) is 3.39. The van der Waals surface area contributed by atoms with Crippen molar-refractivity contribution in [2.45, 2.75) is 17.5 Å². The van der Waals surface area contributed by atoms with Gasteiger partial charge in [0, 0.05) is 31.2 Å². The van der Waals surface area contributed by atoms with Gasteiger partial charge in [-0.2, -0.15) is 0 Å². The SMILES string of the molecule is COCCNC(=O)c1ccc(CSc2nc3ccncc3n2Cc2ccc(OC)cc2)cc1. The molecule has 8 heteroatoms. The largest absolute Gasteiger partial charge is 0.497 e. The molecule has 2 aromatic carbocycles. The van der Waals surface area contributed by atoms with Gasteiger partial charge in [0.05, 0.1) is 37.5 Å². The quantitative estimate of drug-likeness (QED) is 0.282. The van der Waals surface area contributed by atoms with E-state index >= 15 is 0 Å². The van der Waals surface area contributed by atoms with Gasteiger partial charge in [-0.3, -0.25) is 9.78 Å². The van der Waals surface area contributed by atoms with Gasteiger partial charge in [0.2, 0.25) is 0 Å². The Bertz CT molecular complexity index is 1210. The highest BCUT2D eigenvalue weighted by Gasteiger charge is 2.13. The van der Waals surface area contributed by atoms with Crippen LogP contribution in [0, 0.1) is 0 Å². The lowest BCUT2D eigenvalue weighted by Crippen LogP contribution is -2.26. The number of amides is 1. The highest BCUT2D eigenvalue weighted by Crippen LogP contribution is 2.28. The molecule has 4 rings (SSSR count). The molecule has 33 heavy (non-hydrogen) atoms. The van der Waals surface area contributed by atoms with E-state index in [2.05, 4.69) is 27.0 Å². The van der Waals surface area contributed by atoms with Gasteiger partial charge in [-0.05, 0) is 41.5 Å². The van der Waals surface area contributed by atoms with Gasteiger partial charge in [0.25, 0.3) is 5.91 Å². The molecule has 0 spiro atoms. The summed E-state index contributed by atoms with van der Waals surface area (Å²) < 4.78 is 12.4. The number of fused-ring (bicyclic) bond motifs is 1. The van der Waals surface area contributed by atoms with Crippen molar-refractivity contribution in [2.24, 2.45) is 0 Å². The van der Waals surface area contributed by atoms with Crippen molar-refractivity contribution in [3.8, 4) is 5.75 Å². The van der Waals surface area contributed by atoms with Crippen molar-refractivity contribution in [3.63, 3.8) is 0 Å². The fraction of sp³-hybridized carbons (Fsp3) is 0.240. The number of carbonyl (C=O) groups excluding carboxylic acids is 1. The van der Waals surface area contributed by atoms with Crippen LogP contribution in [0.4, 0.5) is 0 Å². The molecule has 0 aliphatic carbocycles. The predicted octanol–water partition coefficient (Wildman–Crippen LogP) is 4.16. The summed E-state index contributed by atoms with van der Waals surface area (Å²) in [6.45, 7) is 1.68.